The minimum Gasteiger partial charge on any atom is -0.406 e. The van der Waals surface area contributed by atoms with E-state index in [1.807, 2.05) is 33.9 Å². The van der Waals surface area contributed by atoms with Gasteiger partial charge in [-0.15, -0.1) is 13.2 Å². The number of hydrogen-bond acceptors (Lipinski definition) is 3. The quantitative estimate of drug-likeness (QED) is 0.506. The summed E-state index contributed by atoms with van der Waals surface area (Å²) in [5.41, 5.74) is 3.41. The normalized spacial score (nSPS) is 12.1. The largest absolute Gasteiger partial charge is 0.573 e. The SMILES string of the molecule is CC.CCC(C)C=Nc1cc(C#N)cc(-c2ccc(OC(F)(F)F)cc2)c1C. The van der Waals surface area contributed by atoms with E-state index in [0.29, 0.717) is 22.7 Å². The number of ether oxygens (including phenoxy) is 1. The number of hydrogen-bond donors (Lipinski definition) is 0. The Bertz CT molecular complexity index is 835. The zero-order valence-electron chi connectivity index (χ0n) is 16.8. The summed E-state index contributed by atoms with van der Waals surface area (Å²) in [6.45, 7) is 9.98. The molecule has 0 bridgehead atoms. The van der Waals surface area contributed by atoms with Gasteiger partial charge in [0.1, 0.15) is 5.75 Å². The topological polar surface area (TPSA) is 45.4 Å². The van der Waals surface area contributed by atoms with E-state index in [9.17, 15) is 18.4 Å². The van der Waals surface area contributed by atoms with Gasteiger partial charge >= 0.3 is 6.36 Å². The van der Waals surface area contributed by atoms with Crippen molar-refractivity contribution in [1.29, 1.82) is 5.26 Å². The first kappa shape index (κ1) is 23.2. The van der Waals surface area contributed by atoms with E-state index in [4.69, 9.17) is 0 Å². The van der Waals surface area contributed by atoms with Crippen LogP contribution >= 0.6 is 0 Å². The van der Waals surface area contributed by atoms with Gasteiger partial charge in [0, 0.05) is 6.21 Å². The van der Waals surface area contributed by atoms with Crippen LogP contribution in [0.5, 0.6) is 5.75 Å². The van der Waals surface area contributed by atoms with Gasteiger partial charge in [-0.3, -0.25) is 4.99 Å². The second kappa shape index (κ2) is 10.5. The Morgan fingerprint density at radius 1 is 1.18 bits per heavy atom. The third-order valence-corrected chi connectivity index (χ3v) is 4.02. The Hall–Kier alpha value is -2.81. The molecule has 0 aromatic heterocycles. The summed E-state index contributed by atoms with van der Waals surface area (Å²) >= 11 is 0. The molecule has 0 aliphatic carbocycles. The molecule has 0 spiro atoms. The highest BCUT2D eigenvalue weighted by Crippen LogP contribution is 2.33. The van der Waals surface area contributed by atoms with Gasteiger partial charge in [-0.1, -0.05) is 39.8 Å². The fourth-order valence-electron chi connectivity index (χ4n) is 2.35. The lowest BCUT2D eigenvalue weighted by atomic mass is 9.96. The van der Waals surface area contributed by atoms with Crippen LogP contribution in [0.1, 0.15) is 45.2 Å². The molecule has 3 nitrogen and oxygen atoms in total. The third kappa shape index (κ3) is 6.73. The number of benzene rings is 2. The van der Waals surface area contributed by atoms with Crippen LogP contribution in [0.2, 0.25) is 0 Å². The highest BCUT2D eigenvalue weighted by molar-refractivity contribution is 5.77. The lowest BCUT2D eigenvalue weighted by Crippen LogP contribution is -2.16. The van der Waals surface area contributed by atoms with Crippen molar-refractivity contribution in [2.75, 3.05) is 0 Å². The molecule has 0 aliphatic rings. The Morgan fingerprint density at radius 2 is 1.79 bits per heavy atom. The van der Waals surface area contributed by atoms with Crippen molar-refractivity contribution in [3.63, 3.8) is 0 Å². The number of halogens is 3. The van der Waals surface area contributed by atoms with Crippen molar-refractivity contribution in [2.45, 2.75) is 47.4 Å². The number of alkyl halides is 3. The average molecular weight is 390 g/mol. The molecular weight excluding hydrogens is 365 g/mol. The first-order valence-corrected chi connectivity index (χ1v) is 9.18. The molecule has 150 valence electrons. The van der Waals surface area contributed by atoms with E-state index in [0.717, 1.165) is 17.5 Å². The summed E-state index contributed by atoms with van der Waals surface area (Å²) in [6, 6.07) is 11.1. The van der Waals surface area contributed by atoms with Gasteiger partial charge < -0.3 is 4.74 Å². The summed E-state index contributed by atoms with van der Waals surface area (Å²) in [7, 11) is 0. The summed E-state index contributed by atoms with van der Waals surface area (Å²) < 4.78 is 40.7. The summed E-state index contributed by atoms with van der Waals surface area (Å²) in [6.07, 6.45) is -1.93. The fourth-order valence-corrected chi connectivity index (χ4v) is 2.35. The predicted molar refractivity (Wildman–Crippen MR) is 107 cm³/mol. The maximum atomic E-state index is 12.3. The molecule has 0 N–H and O–H groups in total. The lowest BCUT2D eigenvalue weighted by Gasteiger charge is -2.12. The van der Waals surface area contributed by atoms with E-state index in [1.165, 1.54) is 24.3 Å². The maximum Gasteiger partial charge on any atom is 0.573 e. The van der Waals surface area contributed by atoms with Crippen LogP contribution in [0.4, 0.5) is 18.9 Å². The van der Waals surface area contributed by atoms with Gasteiger partial charge in [-0.25, -0.2) is 0 Å². The van der Waals surface area contributed by atoms with Gasteiger partial charge in [-0.05, 0) is 60.2 Å². The van der Waals surface area contributed by atoms with Gasteiger partial charge in [0.2, 0.25) is 0 Å². The van der Waals surface area contributed by atoms with Crippen LogP contribution in [-0.2, 0) is 0 Å². The fraction of sp³-hybridized carbons (Fsp3) is 0.364. The molecule has 0 aliphatic heterocycles. The minimum absolute atomic E-state index is 0.287. The molecule has 2 aromatic carbocycles. The van der Waals surface area contributed by atoms with Gasteiger partial charge in [-0.2, -0.15) is 5.26 Å². The second-order valence-corrected chi connectivity index (χ2v) is 6.02. The molecule has 0 heterocycles. The zero-order valence-corrected chi connectivity index (χ0v) is 16.8. The molecule has 0 fully saturated rings. The van der Waals surface area contributed by atoms with Gasteiger partial charge in [0.25, 0.3) is 0 Å². The summed E-state index contributed by atoms with van der Waals surface area (Å²) in [5, 5.41) is 9.27. The highest BCUT2D eigenvalue weighted by Gasteiger charge is 2.31. The van der Waals surface area contributed by atoms with Gasteiger partial charge in [0.05, 0.1) is 17.3 Å². The van der Waals surface area contributed by atoms with Crippen molar-refractivity contribution >= 4 is 11.9 Å². The molecule has 0 amide bonds. The van der Waals surface area contributed by atoms with Crippen LogP contribution in [0, 0.1) is 24.2 Å². The highest BCUT2D eigenvalue weighted by atomic mass is 19.4. The molecule has 1 atom stereocenters. The smallest absolute Gasteiger partial charge is 0.406 e. The van der Waals surface area contributed by atoms with Crippen LogP contribution in [0.25, 0.3) is 11.1 Å². The molecule has 1 unspecified atom stereocenters. The molecule has 0 radical (unpaired) electrons. The van der Waals surface area contributed by atoms with Crippen molar-refractivity contribution in [3.8, 4) is 22.9 Å². The molecule has 28 heavy (non-hydrogen) atoms. The van der Waals surface area contributed by atoms with Crippen LogP contribution in [0.15, 0.2) is 41.4 Å². The van der Waals surface area contributed by atoms with E-state index in [2.05, 4.69) is 22.7 Å². The van der Waals surface area contributed by atoms with Gasteiger partial charge in [0.15, 0.2) is 0 Å². The Balaban J connectivity index is 0.00000190. The molecule has 2 rings (SSSR count). The summed E-state index contributed by atoms with van der Waals surface area (Å²) in [5.74, 6) is 0.0211. The van der Waals surface area contributed by atoms with Crippen molar-refractivity contribution in [2.24, 2.45) is 10.9 Å². The number of nitrogens with zero attached hydrogens (tertiary/aromatic N) is 2. The minimum atomic E-state index is -4.73. The standard InChI is InChI=1S/C20H19F3N2O.C2H6/c1-4-13(2)12-25-19-10-15(11-24)9-18(14(19)3)16-5-7-17(8-6-16)26-20(21,22)23;1-2/h5-10,12-13H,4H2,1-3H3;1-2H3. The van der Waals surface area contributed by atoms with Crippen molar-refractivity contribution in [1.82, 2.24) is 0 Å². The first-order valence-electron chi connectivity index (χ1n) is 9.18. The maximum absolute atomic E-state index is 12.3. The number of rotatable bonds is 5. The monoisotopic (exact) mass is 390 g/mol. The third-order valence-electron chi connectivity index (χ3n) is 4.02. The second-order valence-electron chi connectivity index (χ2n) is 6.02. The molecule has 0 saturated heterocycles. The van der Waals surface area contributed by atoms with E-state index in [1.54, 1.807) is 12.1 Å². The van der Waals surface area contributed by atoms with E-state index >= 15 is 0 Å². The van der Waals surface area contributed by atoms with Crippen LogP contribution in [-0.4, -0.2) is 12.6 Å². The average Bonchev–Trinajstić information content (AvgIpc) is 2.68. The zero-order chi connectivity index (χ0) is 21.3. The number of nitriles is 1. The first-order chi connectivity index (χ1) is 13.2. The molecular formula is C22H25F3N2O. The predicted octanol–water partition coefficient (Wildman–Crippen LogP) is 7.21. The van der Waals surface area contributed by atoms with Crippen molar-refractivity contribution in [3.05, 3.63) is 47.5 Å². The van der Waals surface area contributed by atoms with E-state index < -0.39 is 6.36 Å². The van der Waals surface area contributed by atoms with Crippen LogP contribution in [0.3, 0.4) is 0 Å². The Morgan fingerprint density at radius 3 is 2.29 bits per heavy atom. The summed E-state index contributed by atoms with van der Waals surface area (Å²) in [4.78, 5) is 4.49. The Labute approximate surface area is 164 Å². The molecule has 0 saturated carbocycles. The van der Waals surface area contributed by atoms with Crippen LogP contribution < -0.4 is 4.74 Å². The van der Waals surface area contributed by atoms with Crippen molar-refractivity contribution < 1.29 is 17.9 Å². The number of aliphatic imine (C=N–C) groups is 1. The molecule has 6 heteroatoms. The van der Waals surface area contributed by atoms with E-state index in [-0.39, 0.29) is 5.75 Å². The Kier molecular flexibility index (Phi) is 8.72. The molecule has 2 aromatic rings. The lowest BCUT2D eigenvalue weighted by molar-refractivity contribution is -0.274.